The Bertz CT molecular complexity index is 631. The molecule has 0 aromatic carbocycles. The van der Waals surface area contributed by atoms with E-state index in [1.807, 2.05) is 10.9 Å². The Kier molecular flexibility index (Phi) is 3.53. The molecule has 1 aliphatic rings. The molecule has 2 heterocycles. The third kappa shape index (κ3) is 2.19. The molecule has 19 heavy (non-hydrogen) atoms. The van der Waals surface area contributed by atoms with Crippen LogP contribution in [0.3, 0.4) is 0 Å². The van der Waals surface area contributed by atoms with Gasteiger partial charge in [0.05, 0.1) is 6.61 Å². The zero-order chi connectivity index (χ0) is 14.2. The van der Waals surface area contributed by atoms with E-state index in [0.717, 1.165) is 10.8 Å². The number of terminal acetylenes is 1. The maximum absolute atomic E-state index is 13.8. The number of halogens is 1. The molecule has 0 spiro atoms. The van der Waals surface area contributed by atoms with E-state index in [0.29, 0.717) is 0 Å². The Morgan fingerprint density at radius 2 is 2.26 bits per heavy atom. The quantitative estimate of drug-likeness (QED) is 0.545. The number of nitrogens with one attached hydrogen (secondary N) is 1. The molecule has 0 bridgehead atoms. The summed E-state index contributed by atoms with van der Waals surface area (Å²) in [6.45, 7) is -0.599. The third-order valence-electron chi connectivity index (χ3n) is 2.87. The number of alkyl halides is 1. The standard InChI is InChI=1S/C11H11FN2O5/c1-2-5-3-14(11(18)13-9(5)17)10-7(12)8(16)6(4-15)19-10/h1,3,6-8,10,15-16H,4H2,(H,13,17,18)/t6-,7+,8-,10-/m0/s1. The molecule has 3 N–H and O–H groups in total. The van der Waals surface area contributed by atoms with Crippen LogP contribution in [0, 0.1) is 12.3 Å². The summed E-state index contributed by atoms with van der Waals surface area (Å²) in [6, 6.07) is 0. The predicted octanol–water partition coefficient (Wildman–Crippen LogP) is -1.89. The third-order valence-corrected chi connectivity index (χ3v) is 2.87. The van der Waals surface area contributed by atoms with Crippen LogP contribution in [0.1, 0.15) is 11.8 Å². The predicted molar refractivity (Wildman–Crippen MR) is 61.2 cm³/mol. The first kappa shape index (κ1) is 13.5. The van der Waals surface area contributed by atoms with Crippen molar-refractivity contribution in [2.24, 2.45) is 0 Å². The van der Waals surface area contributed by atoms with E-state index in [4.69, 9.17) is 16.3 Å². The number of ether oxygens (including phenoxy) is 1. The first-order chi connectivity index (χ1) is 8.99. The minimum absolute atomic E-state index is 0.169. The van der Waals surface area contributed by atoms with Gasteiger partial charge in [0.2, 0.25) is 0 Å². The van der Waals surface area contributed by atoms with Crippen molar-refractivity contribution < 1.29 is 19.3 Å². The molecule has 0 amide bonds. The lowest BCUT2D eigenvalue weighted by Crippen LogP contribution is -2.37. The van der Waals surface area contributed by atoms with Gasteiger partial charge in [-0.25, -0.2) is 9.18 Å². The highest BCUT2D eigenvalue weighted by Gasteiger charge is 2.45. The summed E-state index contributed by atoms with van der Waals surface area (Å²) < 4.78 is 19.6. The average Bonchev–Trinajstić information content (AvgIpc) is 2.67. The van der Waals surface area contributed by atoms with Gasteiger partial charge in [-0.15, -0.1) is 6.42 Å². The zero-order valence-corrected chi connectivity index (χ0v) is 9.62. The zero-order valence-electron chi connectivity index (χ0n) is 9.62. The molecule has 1 fully saturated rings. The van der Waals surface area contributed by atoms with Gasteiger partial charge in [-0.05, 0) is 0 Å². The maximum atomic E-state index is 13.8. The van der Waals surface area contributed by atoms with Crippen LogP contribution in [0.4, 0.5) is 4.39 Å². The van der Waals surface area contributed by atoms with E-state index >= 15 is 0 Å². The van der Waals surface area contributed by atoms with E-state index < -0.39 is 42.5 Å². The first-order valence-electron chi connectivity index (χ1n) is 5.40. The second-order valence-electron chi connectivity index (χ2n) is 4.04. The summed E-state index contributed by atoms with van der Waals surface area (Å²) in [6.07, 6.45) is -0.0400. The number of H-pyrrole nitrogens is 1. The fraction of sp³-hybridized carbons (Fsp3) is 0.455. The highest BCUT2D eigenvalue weighted by molar-refractivity contribution is 5.26. The summed E-state index contributed by atoms with van der Waals surface area (Å²) in [5.74, 6) is 2.04. The first-order valence-corrected chi connectivity index (χ1v) is 5.40. The minimum Gasteiger partial charge on any atom is -0.394 e. The van der Waals surface area contributed by atoms with Crippen LogP contribution >= 0.6 is 0 Å². The van der Waals surface area contributed by atoms with E-state index in [-0.39, 0.29) is 5.56 Å². The van der Waals surface area contributed by atoms with E-state index in [1.165, 1.54) is 0 Å². The molecule has 7 nitrogen and oxygen atoms in total. The molecule has 1 aliphatic heterocycles. The Morgan fingerprint density at radius 1 is 1.58 bits per heavy atom. The van der Waals surface area contributed by atoms with Gasteiger partial charge in [0.15, 0.2) is 12.4 Å². The van der Waals surface area contributed by atoms with Crippen LogP contribution in [0.25, 0.3) is 0 Å². The molecule has 0 saturated carbocycles. The SMILES string of the molecule is C#Cc1cn([C@H]2O[C@@H](CO)[C@H](O)[C@H]2F)c(=O)[nH]c1=O. The van der Waals surface area contributed by atoms with E-state index in [9.17, 15) is 19.1 Å². The molecule has 4 atom stereocenters. The van der Waals surface area contributed by atoms with Gasteiger partial charge >= 0.3 is 5.69 Å². The van der Waals surface area contributed by atoms with Crippen molar-refractivity contribution in [3.8, 4) is 12.3 Å². The molecule has 1 aromatic rings. The van der Waals surface area contributed by atoms with Crippen LogP contribution in [0.15, 0.2) is 15.8 Å². The van der Waals surface area contributed by atoms with Gasteiger partial charge in [0.25, 0.3) is 5.56 Å². The molecule has 1 aromatic heterocycles. The summed E-state index contributed by atoms with van der Waals surface area (Å²) >= 11 is 0. The number of nitrogens with zero attached hydrogens (tertiary/aromatic N) is 1. The van der Waals surface area contributed by atoms with Crippen LogP contribution in [0.5, 0.6) is 0 Å². The van der Waals surface area contributed by atoms with Crippen molar-refractivity contribution in [2.75, 3.05) is 6.61 Å². The van der Waals surface area contributed by atoms with E-state index in [1.54, 1.807) is 0 Å². The lowest BCUT2D eigenvalue weighted by molar-refractivity contribution is -0.0491. The average molecular weight is 270 g/mol. The monoisotopic (exact) mass is 270 g/mol. The maximum Gasteiger partial charge on any atom is 0.330 e. The molecule has 0 radical (unpaired) electrons. The van der Waals surface area contributed by atoms with Gasteiger partial charge < -0.3 is 14.9 Å². The van der Waals surface area contributed by atoms with Gasteiger partial charge in [0, 0.05) is 6.20 Å². The number of aliphatic hydroxyl groups is 2. The van der Waals surface area contributed by atoms with Crippen molar-refractivity contribution in [2.45, 2.75) is 24.6 Å². The molecule has 102 valence electrons. The Morgan fingerprint density at radius 3 is 2.79 bits per heavy atom. The van der Waals surface area contributed by atoms with Gasteiger partial charge in [0.1, 0.15) is 17.8 Å². The smallest absolute Gasteiger partial charge is 0.330 e. The van der Waals surface area contributed by atoms with Crippen molar-refractivity contribution in [1.82, 2.24) is 9.55 Å². The van der Waals surface area contributed by atoms with Crippen LogP contribution in [-0.4, -0.2) is 44.8 Å². The summed E-state index contributed by atoms with van der Waals surface area (Å²) in [5, 5.41) is 18.4. The molecular weight excluding hydrogens is 259 g/mol. The van der Waals surface area contributed by atoms with Crippen molar-refractivity contribution in [3.05, 3.63) is 32.6 Å². The summed E-state index contributed by atoms with van der Waals surface area (Å²) in [5.41, 5.74) is -1.85. The van der Waals surface area contributed by atoms with Crippen LogP contribution in [-0.2, 0) is 4.74 Å². The highest BCUT2D eigenvalue weighted by Crippen LogP contribution is 2.30. The number of hydrogen-bond acceptors (Lipinski definition) is 5. The molecular formula is C11H11FN2O5. The second-order valence-corrected chi connectivity index (χ2v) is 4.04. The molecule has 2 rings (SSSR count). The largest absolute Gasteiger partial charge is 0.394 e. The number of hydrogen-bond donors (Lipinski definition) is 3. The van der Waals surface area contributed by atoms with Crippen molar-refractivity contribution in [1.29, 1.82) is 0 Å². The topological polar surface area (TPSA) is 105 Å². The summed E-state index contributed by atoms with van der Waals surface area (Å²) in [7, 11) is 0. The van der Waals surface area contributed by atoms with Crippen molar-refractivity contribution in [3.63, 3.8) is 0 Å². The minimum atomic E-state index is -1.92. The Labute approximate surface area is 106 Å². The fourth-order valence-electron chi connectivity index (χ4n) is 1.86. The number of aromatic amines is 1. The van der Waals surface area contributed by atoms with Gasteiger partial charge in [-0.3, -0.25) is 14.3 Å². The Hall–Kier alpha value is -1.95. The molecule has 1 saturated heterocycles. The van der Waals surface area contributed by atoms with Crippen LogP contribution in [0.2, 0.25) is 0 Å². The van der Waals surface area contributed by atoms with Crippen LogP contribution < -0.4 is 11.2 Å². The molecule has 0 unspecified atom stereocenters. The molecule has 0 aliphatic carbocycles. The Balaban J connectivity index is 2.46. The number of rotatable bonds is 2. The lowest BCUT2D eigenvalue weighted by Gasteiger charge is -2.15. The van der Waals surface area contributed by atoms with E-state index in [2.05, 4.69) is 0 Å². The van der Waals surface area contributed by atoms with Gasteiger partial charge in [-0.2, -0.15) is 0 Å². The lowest BCUT2D eigenvalue weighted by atomic mass is 10.1. The fourth-order valence-corrected chi connectivity index (χ4v) is 1.86. The number of aromatic nitrogens is 2. The molecule has 8 heteroatoms. The van der Waals surface area contributed by atoms with Crippen molar-refractivity contribution >= 4 is 0 Å². The normalized spacial score (nSPS) is 30.2. The number of aliphatic hydroxyl groups excluding tert-OH is 2. The highest BCUT2D eigenvalue weighted by atomic mass is 19.1. The summed E-state index contributed by atoms with van der Waals surface area (Å²) in [4.78, 5) is 24.8. The second kappa shape index (κ2) is 4.97. The van der Waals surface area contributed by atoms with Gasteiger partial charge in [-0.1, -0.05) is 5.92 Å².